The van der Waals surface area contributed by atoms with Crippen molar-refractivity contribution in [2.24, 2.45) is 0 Å². The largest absolute Gasteiger partial charge is 0.481 e. The van der Waals surface area contributed by atoms with Crippen molar-refractivity contribution in [3.8, 4) is 0 Å². The highest BCUT2D eigenvalue weighted by molar-refractivity contribution is 5.66. The van der Waals surface area contributed by atoms with E-state index < -0.39 is 5.97 Å². The number of esters is 1. The Morgan fingerprint density at radius 3 is 1.68 bits per heavy atom. The van der Waals surface area contributed by atoms with E-state index in [2.05, 4.69) is 13.8 Å². The smallest absolute Gasteiger partial charge is 0.303 e. The van der Waals surface area contributed by atoms with Gasteiger partial charge in [0, 0.05) is 13.3 Å². The molecule has 4 heteroatoms. The lowest BCUT2D eigenvalue weighted by atomic mass is 10.1. The average molecular weight is 316 g/mol. The third-order valence-electron chi connectivity index (χ3n) is 3.30. The molecular weight excluding hydrogens is 280 g/mol. The standard InChI is InChI=1S/2C9H18O2/c1-3-4-5-6-7-8-11-9(2)10;1-2-3-4-5-6-7-8-9(10)11/h3-8H2,1-2H3;2-8H2,1H3,(H,10,11). The Labute approximate surface area is 136 Å². The zero-order valence-corrected chi connectivity index (χ0v) is 14.9. The van der Waals surface area contributed by atoms with Gasteiger partial charge in [-0.15, -0.1) is 0 Å². The number of carbonyl (C=O) groups is 2. The molecule has 1 N–H and O–H groups in total. The fraction of sp³-hybridized carbons (Fsp3) is 0.889. The Bertz CT molecular complexity index is 225. The van der Waals surface area contributed by atoms with E-state index in [4.69, 9.17) is 9.84 Å². The summed E-state index contributed by atoms with van der Waals surface area (Å²) in [4.78, 5) is 20.4. The quantitative estimate of drug-likeness (QED) is 0.368. The molecule has 0 aromatic rings. The molecule has 0 saturated heterocycles. The maximum Gasteiger partial charge on any atom is 0.303 e. The minimum absolute atomic E-state index is 0.166. The van der Waals surface area contributed by atoms with Gasteiger partial charge in [-0.3, -0.25) is 9.59 Å². The fourth-order valence-corrected chi connectivity index (χ4v) is 1.98. The predicted octanol–water partition coefficient (Wildman–Crippen LogP) is 5.34. The zero-order chi connectivity index (χ0) is 17.1. The minimum Gasteiger partial charge on any atom is -0.481 e. The van der Waals surface area contributed by atoms with Crippen LogP contribution in [0.15, 0.2) is 0 Å². The zero-order valence-electron chi connectivity index (χ0n) is 14.9. The molecule has 0 bridgehead atoms. The summed E-state index contributed by atoms with van der Waals surface area (Å²) in [5.41, 5.74) is 0. The van der Waals surface area contributed by atoms with Crippen molar-refractivity contribution in [3.63, 3.8) is 0 Å². The van der Waals surface area contributed by atoms with E-state index in [9.17, 15) is 9.59 Å². The third-order valence-corrected chi connectivity index (χ3v) is 3.30. The maximum atomic E-state index is 10.3. The molecule has 0 spiro atoms. The summed E-state index contributed by atoms with van der Waals surface area (Å²) in [5, 5.41) is 8.32. The first-order chi connectivity index (χ1) is 10.5. The summed E-state index contributed by atoms with van der Waals surface area (Å²) in [5.74, 6) is -0.832. The van der Waals surface area contributed by atoms with Crippen molar-refractivity contribution in [3.05, 3.63) is 0 Å². The normalized spacial score (nSPS) is 9.77. The molecule has 0 heterocycles. The average Bonchev–Trinajstić information content (AvgIpc) is 2.46. The second kappa shape index (κ2) is 19.9. The highest BCUT2D eigenvalue weighted by Crippen LogP contribution is 2.06. The number of carbonyl (C=O) groups excluding carboxylic acids is 1. The van der Waals surface area contributed by atoms with Gasteiger partial charge in [0.15, 0.2) is 0 Å². The number of hydrogen-bond acceptors (Lipinski definition) is 3. The molecule has 0 unspecified atom stereocenters. The molecule has 0 saturated carbocycles. The van der Waals surface area contributed by atoms with E-state index in [0.29, 0.717) is 13.0 Å². The minimum atomic E-state index is -0.666. The topological polar surface area (TPSA) is 63.6 Å². The van der Waals surface area contributed by atoms with Gasteiger partial charge in [0.2, 0.25) is 0 Å². The van der Waals surface area contributed by atoms with Gasteiger partial charge < -0.3 is 9.84 Å². The lowest BCUT2D eigenvalue weighted by Crippen LogP contribution is -1.99. The fourth-order valence-electron chi connectivity index (χ4n) is 1.98. The summed E-state index contributed by atoms with van der Waals surface area (Å²) in [6.45, 7) is 6.41. The van der Waals surface area contributed by atoms with Crippen LogP contribution in [0.25, 0.3) is 0 Å². The first-order valence-electron chi connectivity index (χ1n) is 8.89. The Kier molecular flexibility index (Phi) is 21.0. The highest BCUT2D eigenvalue weighted by atomic mass is 16.5. The molecule has 0 aliphatic carbocycles. The van der Waals surface area contributed by atoms with Gasteiger partial charge in [-0.2, -0.15) is 0 Å². The molecule has 0 atom stereocenters. The second-order valence-corrected chi connectivity index (χ2v) is 5.67. The molecule has 0 aliphatic heterocycles. The number of hydrogen-bond donors (Lipinski definition) is 1. The molecule has 0 fully saturated rings. The van der Waals surface area contributed by atoms with Crippen molar-refractivity contribution < 1.29 is 19.4 Å². The van der Waals surface area contributed by atoms with Crippen LogP contribution in [-0.4, -0.2) is 23.7 Å². The highest BCUT2D eigenvalue weighted by Gasteiger charge is 1.95. The molecule has 132 valence electrons. The van der Waals surface area contributed by atoms with Gasteiger partial charge >= 0.3 is 11.9 Å². The van der Waals surface area contributed by atoms with Crippen molar-refractivity contribution in [2.45, 2.75) is 97.8 Å². The van der Waals surface area contributed by atoms with Crippen LogP contribution >= 0.6 is 0 Å². The Balaban J connectivity index is 0. The van der Waals surface area contributed by atoms with Gasteiger partial charge in [0.25, 0.3) is 0 Å². The van der Waals surface area contributed by atoms with Crippen molar-refractivity contribution in [1.82, 2.24) is 0 Å². The van der Waals surface area contributed by atoms with Crippen LogP contribution < -0.4 is 0 Å². The van der Waals surface area contributed by atoms with Gasteiger partial charge in [0.05, 0.1) is 6.61 Å². The summed E-state index contributed by atoms with van der Waals surface area (Å²) in [6.07, 6.45) is 13.3. The van der Waals surface area contributed by atoms with Crippen molar-refractivity contribution >= 4 is 11.9 Å². The molecule has 0 aromatic carbocycles. The van der Waals surface area contributed by atoms with E-state index in [1.807, 2.05) is 0 Å². The number of ether oxygens (including phenoxy) is 1. The van der Waals surface area contributed by atoms with Crippen LogP contribution in [0.4, 0.5) is 0 Å². The maximum absolute atomic E-state index is 10.3. The van der Waals surface area contributed by atoms with E-state index in [1.165, 1.54) is 58.3 Å². The molecular formula is C18H36O4. The molecule has 0 aromatic heterocycles. The SMILES string of the molecule is CCCCCCCCC(=O)O.CCCCCCCOC(C)=O. The summed E-state index contributed by atoms with van der Waals surface area (Å²) < 4.78 is 4.78. The molecule has 4 nitrogen and oxygen atoms in total. The van der Waals surface area contributed by atoms with E-state index in [1.54, 1.807) is 0 Å². The van der Waals surface area contributed by atoms with Crippen LogP contribution in [0.5, 0.6) is 0 Å². The first kappa shape index (κ1) is 23.2. The van der Waals surface area contributed by atoms with Gasteiger partial charge in [0.1, 0.15) is 0 Å². The molecule has 0 aliphatic rings. The Hall–Kier alpha value is -1.06. The summed E-state index contributed by atoms with van der Waals surface area (Å²) in [7, 11) is 0. The lowest BCUT2D eigenvalue weighted by Gasteiger charge is -2.00. The monoisotopic (exact) mass is 316 g/mol. The Morgan fingerprint density at radius 1 is 0.773 bits per heavy atom. The number of rotatable bonds is 13. The number of aliphatic carboxylic acids is 1. The van der Waals surface area contributed by atoms with Gasteiger partial charge in [-0.25, -0.2) is 0 Å². The number of carboxylic acid groups (broad SMARTS) is 1. The lowest BCUT2D eigenvalue weighted by molar-refractivity contribution is -0.141. The van der Waals surface area contributed by atoms with Gasteiger partial charge in [-0.1, -0.05) is 71.6 Å². The van der Waals surface area contributed by atoms with Crippen LogP contribution in [0.2, 0.25) is 0 Å². The molecule has 0 rings (SSSR count). The third kappa shape index (κ3) is 27.3. The summed E-state index contributed by atoms with van der Waals surface area (Å²) in [6, 6.07) is 0. The van der Waals surface area contributed by atoms with Crippen LogP contribution in [-0.2, 0) is 14.3 Å². The van der Waals surface area contributed by atoms with Crippen LogP contribution in [0.3, 0.4) is 0 Å². The molecule has 0 radical (unpaired) electrons. The van der Waals surface area contributed by atoms with Crippen molar-refractivity contribution in [2.75, 3.05) is 6.61 Å². The molecule has 0 amide bonds. The van der Waals surface area contributed by atoms with Crippen LogP contribution in [0.1, 0.15) is 97.8 Å². The number of carboxylic acids is 1. The predicted molar refractivity (Wildman–Crippen MR) is 91.0 cm³/mol. The first-order valence-corrected chi connectivity index (χ1v) is 8.89. The number of unbranched alkanes of at least 4 members (excludes halogenated alkanes) is 9. The second-order valence-electron chi connectivity index (χ2n) is 5.67. The van der Waals surface area contributed by atoms with E-state index in [0.717, 1.165) is 19.3 Å². The van der Waals surface area contributed by atoms with Crippen molar-refractivity contribution in [1.29, 1.82) is 0 Å². The van der Waals surface area contributed by atoms with Crippen LogP contribution in [0, 0.1) is 0 Å². The Morgan fingerprint density at radius 2 is 1.23 bits per heavy atom. The van der Waals surface area contributed by atoms with E-state index in [-0.39, 0.29) is 5.97 Å². The summed E-state index contributed by atoms with van der Waals surface area (Å²) >= 11 is 0. The van der Waals surface area contributed by atoms with Gasteiger partial charge in [-0.05, 0) is 12.8 Å². The van der Waals surface area contributed by atoms with E-state index >= 15 is 0 Å². The molecule has 22 heavy (non-hydrogen) atoms.